The molecule has 4 rings (SSSR count). The lowest BCUT2D eigenvalue weighted by Gasteiger charge is -2.32. The third-order valence-electron chi connectivity index (χ3n) is 6.43. The number of aromatic nitrogens is 2. The number of carbonyl (C=O) groups excluding carboxylic acids is 1. The molecular formula is C19H30N4O. The Labute approximate surface area is 144 Å². The molecule has 0 aromatic carbocycles. The van der Waals surface area contributed by atoms with Gasteiger partial charge in [0.25, 0.3) is 0 Å². The van der Waals surface area contributed by atoms with Crippen LogP contribution in [-0.4, -0.2) is 40.2 Å². The fourth-order valence-corrected chi connectivity index (χ4v) is 4.95. The molecule has 24 heavy (non-hydrogen) atoms. The Morgan fingerprint density at radius 1 is 1.21 bits per heavy atom. The maximum atomic E-state index is 12.2. The molecule has 1 aromatic rings. The average Bonchev–Trinajstić information content (AvgIpc) is 3.29. The van der Waals surface area contributed by atoms with Crippen molar-refractivity contribution >= 4 is 5.91 Å². The van der Waals surface area contributed by atoms with E-state index in [0.717, 1.165) is 23.9 Å². The van der Waals surface area contributed by atoms with Crippen LogP contribution in [0.1, 0.15) is 56.6 Å². The Bertz CT molecular complexity index is 594. The second-order valence-electron chi connectivity index (χ2n) is 8.23. The predicted octanol–water partition coefficient (Wildman–Crippen LogP) is 2.50. The van der Waals surface area contributed by atoms with Gasteiger partial charge in [-0.05, 0) is 37.5 Å². The van der Waals surface area contributed by atoms with Gasteiger partial charge in [0, 0.05) is 50.8 Å². The quantitative estimate of drug-likeness (QED) is 0.902. The second-order valence-corrected chi connectivity index (χ2v) is 8.23. The minimum Gasteiger partial charge on any atom is -0.338 e. The van der Waals surface area contributed by atoms with Gasteiger partial charge in [0.2, 0.25) is 5.91 Å². The summed E-state index contributed by atoms with van der Waals surface area (Å²) in [5.74, 6) is 2.60. The van der Waals surface area contributed by atoms with Crippen molar-refractivity contribution in [1.82, 2.24) is 20.0 Å². The van der Waals surface area contributed by atoms with E-state index in [9.17, 15) is 4.79 Å². The Balaban J connectivity index is 1.38. The molecule has 4 atom stereocenters. The zero-order valence-electron chi connectivity index (χ0n) is 14.9. The number of nitrogens with zero attached hydrogens (tertiary/aromatic N) is 3. The number of hydrogen-bond acceptors (Lipinski definition) is 3. The number of amides is 1. The highest BCUT2D eigenvalue weighted by Gasteiger charge is 2.40. The Kier molecular flexibility index (Phi) is 4.37. The van der Waals surface area contributed by atoms with Gasteiger partial charge < -0.3 is 10.2 Å². The molecular weight excluding hydrogens is 300 g/mol. The van der Waals surface area contributed by atoms with Gasteiger partial charge in [-0.25, -0.2) is 0 Å². The van der Waals surface area contributed by atoms with Crippen LogP contribution in [0.25, 0.3) is 0 Å². The van der Waals surface area contributed by atoms with Crippen LogP contribution in [0, 0.1) is 17.8 Å². The van der Waals surface area contributed by atoms with Gasteiger partial charge in [0.1, 0.15) is 0 Å². The van der Waals surface area contributed by atoms with Gasteiger partial charge in [0.15, 0.2) is 0 Å². The maximum absolute atomic E-state index is 12.2. The number of hydrogen-bond donors (Lipinski definition) is 1. The van der Waals surface area contributed by atoms with Crippen LogP contribution < -0.4 is 5.32 Å². The fourth-order valence-electron chi connectivity index (χ4n) is 4.95. The van der Waals surface area contributed by atoms with Crippen molar-refractivity contribution in [3.05, 3.63) is 18.0 Å². The third-order valence-corrected chi connectivity index (χ3v) is 6.43. The molecule has 1 aliphatic heterocycles. The number of nitrogens with one attached hydrogen (secondary N) is 1. The lowest BCUT2D eigenvalue weighted by molar-refractivity contribution is -0.127. The van der Waals surface area contributed by atoms with Gasteiger partial charge >= 0.3 is 0 Å². The summed E-state index contributed by atoms with van der Waals surface area (Å²) in [6.07, 6.45) is 13.0. The van der Waals surface area contributed by atoms with Crippen molar-refractivity contribution in [3.63, 3.8) is 0 Å². The molecule has 3 aliphatic rings. The van der Waals surface area contributed by atoms with Gasteiger partial charge in [-0.3, -0.25) is 9.48 Å². The molecule has 5 nitrogen and oxygen atoms in total. The van der Waals surface area contributed by atoms with E-state index in [1.807, 2.05) is 29.9 Å². The highest BCUT2D eigenvalue weighted by molar-refractivity contribution is 5.79. The normalized spacial score (nSPS) is 34.1. The number of carbonyl (C=O) groups is 1. The zero-order valence-corrected chi connectivity index (χ0v) is 14.9. The number of rotatable bonds is 5. The molecule has 2 heterocycles. The van der Waals surface area contributed by atoms with E-state index in [2.05, 4.69) is 16.6 Å². The van der Waals surface area contributed by atoms with Crippen molar-refractivity contribution in [3.8, 4) is 0 Å². The summed E-state index contributed by atoms with van der Waals surface area (Å²) >= 11 is 0. The zero-order chi connectivity index (χ0) is 16.7. The molecule has 2 saturated carbocycles. The SMILES string of the molecule is CN1C(=O)C[C@@H](CN[C@@H]2CCC[C@@H](C3CC3)C2)[C@@H]1c1cnn(C)c1. The van der Waals surface area contributed by atoms with Crippen LogP contribution in [0.2, 0.25) is 0 Å². The molecule has 1 N–H and O–H groups in total. The molecule has 0 unspecified atom stereocenters. The van der Waals surface area contributed by atoms with Crippen molar-refractivity contribution in [1.29, 1.82) is 0 Å². The van der Waals surface area contributed by atoms with Gasteiger partial charge in [-0.15, -0.1) is 0 Å². The molecule has 0 radical (unpaired) electrons. The first-order valence-electron chi connectivity index (χ1n) is 9.59. The summed E-state index contributed by atoms with van der Waals surface area (Å²) in [6.45, 7) is 0.942. The lowest BCUT2D eigenvalue weighted by atomic mass is 9.82. The van der Waals surface area contributed by atoms with E-state index in [1.54, 1.807) is 0 Å². The molecule has 1 amide bonds. The van der Waals surface area contributed by atoms with E-state index < -0.39 is 0 Å². The van der Waals surface area contributed by atoms with Crippen molar-refractivity contribution < 1.29 is 4.79 Å². The maximum Gasteiger partial charge on any atom is 0.223 e. The summed E-state index contributed by atoms with van der Waals surface area (Å²) in [4.78, 5) is 14.2. The monoisotopic (exact) mass is 330 g/mol. The Morgan fingerprint density at radius 2 is 2.04 bits per heavy atom. The molecule has 1 aromatic heterocycles. The fraction of sp³-hybridized carbons (Fsp3) is 0.789. The smallest absolute Gasteiger partial charge is 0.223 e. The van der Waals surface area contributed by atoms with Crippen molar-refractivity contribution in [2.24, 2.45) is 24.8 Å². The molecule has 1 saturated heterocycles. The average molecular weight is 330 g/mol. The highest BCUT2D eigenvalue weighted by Crippen LogP contribution is 2.44. The van der Waals surface area contributed by atoms with Crippen LogP contribution >= 0.6 is 0 Å². The Morgan fingerprint density at radius 3 is 2.75 bits per heavy atom. The van der Waals surface area contributed by atoms with Crippen LogP contribution in [-0.2, 0) is 11.8 Å². The summed E-state index contributed by atoms with van der Waals surface area (Å²) < 4.78 is 1.83. The first kappa shape index (κ1) is 16.1. The molecule has 132 valence electrons. The van der Waals surface area contributed by atoms with Crippen LogP contribution in [0.5, 0.6) is 0 Å². The minimum absolute atomic E-state index is 0.168. The van der Waals surface area contributed by atoms with Crippen LogP contribution in [0.15, 0.2) is 12.4 Å². The van der Waals surface area contributed by atoms with E-state index >= 15 is 0 Å². The van der Waals surface area contributed by atoms with E-state index in [0.29, 0.717) is 18.4 Å². The number of likely N-dealkylation sites (tertiary alicyclic amines) is 1. The molecule has 3 fully saturated rings. The first-order valence-corrected chi connectivity index (χ1v) is 9.59. The van der Waals surface area contributed by atoms with Gasteiger partial charge in [0.05, 0.1) is 12.2 Å². The van der Waals surface area contributed by atoms with Crippen molar-refractivity contribution in [2.75, 3.05) is 13.6 Å². The highest BCUT2D eigenvalue weighted by atomic mass is 16.2. The Hall–Kier alpha value is -1.36. The summed E-state index contributed by atoms with van der Waals surface area (Å²) in [5.41, 5.74) is 1.16. The predicted molar refractivity (Wildman–Crippen MR) is 93.3 cm³/mol. The van der Waals surface area contributed by atoms with E-state index in [4.69, 9.17) is 0 Å². The van der Waals surface area contributed by atoms with Crippen LogP contribution in [0.3, 0.4) is 0 Å². The minimum atomic E-state index is 0.168. The molecule has 5 heteroatoms. The molecule has 2 aliphatic carbocycles. The topological polar surface area (TPSA) is 50.2 Å². The van der Waals surface area contributed by atoms with Crippen LogP contribution in [0.4, 0.5) is 0 Å². The third kappa shape index (κ3) is 3.23. The summed E-state index contributed by atoms with van der Waals surface area (Å²) in [7, 11) is 3.87. The molecule has 0 bridgehead atoms. The largest absolute Gasteiger partial charge is 0.338 e. The van der Waals surface area contributed by atoms with Gasteiger partial charge in [-0.1, -0.05) is 12.8 Å². The number of aryl methyl sites for hydroxylation is 1. The summed E-state index contributed by atoms with van der Waals surface area (Å²) in [6, 6.07) is 0.821. The second kappa shape index (κ2) is 6.51. The standard InChI is InChI=1S/C19H30N4O/c1-22-12-16(11-21-22)19-15(9-18(24)23(19)2)10-20-17-5-3-4-14(8-17)13-6-7-13/h11-15,17,19-20H,3-10H2,1-2H3/t14-,15+,17-,19-/m1/s1. The van der Waals surface area contributed by atoms with E-state index in [1.165, 1.54) is 38.5 Å². The summed E-state index contributed by atoms with van der Waals surface area (Å²) in [5, 5.41) is 8.12. The first-order chi connectivity index (χ1) is 11.6. The lowest BCUT2D eigenvalue weighted by Crippen LogP contribution is -2.38. The van der Waals surface area contributed by atoms with Gasteiger partial charge in [-0.2, -0.15) is 5.10 Å². The van der Waals surface area contributed by atoms with E-state index in [-0.39, 0.29) is 11.9 Å². The molecule has 0 spiro atoms. The van der Waals surface area contributed by atoms with Crippen molar-refractivity contribution in [2.45, 2.75) is 57.0 Å².